The molecule has 0 radical (unpaired) electrons. The maximum Gasteiger partial charge on any atom is 0.251 e. The van der Waals surface area contributed by atoms with E-state index in [1.165, 1.54) is 12.2 Å². The van der Waals surface area contributed by atoms with E-state index in [-0.39, 0.29) is 11.8 Å². The first-order valence-corrected chi connectivity index (χ1v) is 4.84. The van der Waals surface area contributed by atoms with Gasteiger partial charge in [-0.3, -0.25) is 9.63 Å². The van der Waals surface area contributed by atoms with Crippen molar-refractivity contribution >= 4 is 5.91 Å². The maximum absolute atomic E-state index is 11.7. The summed E-state index contributed by atoms with van der Waals surface area (Å²) in [6.07, 6.45) is 0.802. The summed E-state index contributed by atoms with van der Waals surface area (Å²) < 4.78 is 4.91. The Morgan fingerprint density at radius 1 is 1.50 bits per heavy atom. The first-order chi connectivity index (χ1) is 6.79. The standard InChI is InChI=1S/C9H18N2O3/c1-13-5-3-4-11(14-2)9(12)8-6-10-7-8/h8,10H,3-7H2,1-2H3. The number of carbonyl (C=O) groups excluding carboxylic acids is 1. The van der Waals surface area contributed by atoms with E-state index >= 15 is 0 Å². The van der Waals surface area contributed by atoms with Crippen molar-refractivity contribution in [3.63, 3.8) is 0 Å². The second-order valence-electron chi connectivity index (χ2n) is 3.32. The van der Waals surface area contributed by atoms with E-state index in [4.69, 9.17) is 9.57 Å². The summed E-state index contributed by atoms with van der Waals surface area (Å²) in [6, 6.07) is 0. The molecule has 1 aliphatic rings. The van der Waals surface area contributed by atoms with E-state index in [9.17, 15) is 4.79 Å². The van der Waals surface area contributed by atoms with Gasteiger partial charge < -0.3 is 10.1 Å². The summed E-state index contributed by atoms with van der Waals surface area (Å²) in [4.78, 5) is 16.7. The van der Waals surface area contributed by atoms with Crippen LogP contribution < -0.4 is 5.32 Å². The van der Waals surface area contributed by atoms with Crippen LogP contribution in [0.25, 0.3) is 0 Å². The number of carbonyl (C=O) groups is 1. The molecule has 0 bridgehead atoms. The minimum atomic E-state index is 0.0716. The van der Waals surface area contributed by atoms with Gasteiger partial charge in [-0.1, -0.05) is 0 Å². The fourth-order valence-corrected chi connectivity index (χ4v) is 1.31. The molecule has 1 saturated heterocycles. The molecule has 1 fully saturated rings. The number of nitrogens with zero attached hydrogens (tertiary/aromatic N) is 1. The average molecular weight is 202 g/mol. The van der Waals surface area contributed by atoms with Gasteiger partial charge in [0.1, 0.15) is 0 Å². The molecule has 14 heavy (non-hydrogen) atoms. The minimum absolute atomic E-state index is 0.0716. The molecule has 1 amide bonds. The largest absolute Gasteiger partial charge is 0.385 e. The maximum atomic E-state index is 11.7. The lowest BCUT2D eigenvalue weighted by Gasteiger charge is -2.30. The van der Waals surface area contributed by atoms with Gasteiger partial charge in [-0.15, -0.1) is 0 Å². The minimum Gasteiger partial charge on any atom is -0.385 e. The zero-order valence-corrected chi connectivity index (χ0v) is 8.78. The molecule has 5 heteroatoms. The van der Waals surface area contributed by atoms with Crippen molar-refractivity contribution in [2.45, 2.75) is 6.42 Å². The van der Waals surface area contributed by atoms with Gasteiger partial charge in [0, 0.05) is 26.8 Å². The van der Waals surface area contributed by atoms with Crippen LogP contribution in [0.5, 0.6) is 0 Å². The average Bonchev–Trinajstić information content (AvgIpc) is 2.09. The van der Waals surface area contributed by atoms with E-state index in [0.29, 0.717) is 13.2 Å². The van der Waals surface area contributed by atoms with Crippen molar-refractivity contribution in [3.8, 4) is 0 Å². The first kappa shape index (κ1) is 11.4. The molecule has 0 unspecified atom stereocenters. The monoisotopic (exact) mass is 202 g/mol. The third kappa shape index (κ3) is 2.94. The zero-order chi connectivity index (χ0) is 10.4. The molecule has 0 aliphatic carbocycles. The fourth-order valence-electron chi connectivity index (χ4n) is 1.31. The van der Waals surface area contributed by atoms with Gasteiger partial charge >= 0.3 is 0 Å². The molecule has 0 aromatic heterocycles. The highest BCUT2D eigenvalue weighted by Gasteiger charge is 2.29. The van der Waals surface area contributed by atoms with Crippen LogP contribution in [0, 0.1) is 5.92 Å². The highest BCUT2D eigenvalue weighted by Crippen LogP contribution is 2.08. The van der Waals surface area contributed by atoms with E-state index in [1.54, 1.807) is 7.11 Å². The molecule has 1 heterocycles. The molecule has 1 aliphatic heterocycles. The van der Waals surface area contributed by atoms with Gasteiger partial charge in [0.25, 0.3) is 5.91 Å². The lowest BCUT2D eigenvalue weighted by molar-refractivity contribution is -0.183. The van der Waals surface area contributed by atoms with Gasteiger partial charge in [-0.2, -0.15) is 0 Å². The van der Waals surface area contributed by atoms with Crippen molar-refractivity contribution in [2.75, 3.05) is 40.5 Å². The fraction of sp³-hybridized carbons (Fsp3) is 0.889. The Kier molecular flexibility index (Phi) is 4.86. The number of hydroxylamine groups is 2. The molecule has 5 nitrogen and oxygen atoms in total. The highest BCUT2D eigenvalue weighted by atomic mass is 16.7. The van der Waals surface area contributed by atoms with Crippen molar-refractivity contribution < 1.29 is 14.4 Å². The van der Waals surface area contributed by atoms with Crippen LogP contribution in [-0.4, -0.2) is 51.4 Å². The number of rotatable bonds is 6. The molecule has 0 aromatic rings. The summed E-state index contributed by atoms with van der Waals surface area (Å²) in [5.41, 5.74) is 0. The molecule has 0 atom stereocenters. The van der Waals surface area contributed by atoms with E-state index in [0.717, 1.165) is 19.5 Å². The third-order valence-electron chi connectivity index (χ3n) is 2.31. The van der Waals surface area contributed by atoms with Crippen molar-refractivity contribution in [3.05, 3.63) is 0 Å². The molecular formula is C9H18N2O3. The van der Waals surface area contributed by atoms with Crippen molar-refractivity contribution in [1.82, 2.24) is 10.4 Å². The predicted molar refractivity (Wildman–Crippen MR) is 51.6 cm³/mol. The Labute approximate surface area is 84.3 Å². The summed E-state index contributed by atoms with van der Waals surface area (Å²) in [7, 11) is 3.17. The normalized spacial score (nSPS) is 16.4. The Balaban J connectivity index is 2.24. The van der Waals surface area contributed by atoms with Crippen LogP contribution in [0.2, 0.25) is 0 Å². The Bertz CT molecular complexity index is 183. The zero-order valence-electron chi connectivity index (χ0n) is 8.78. The van der Waals surface area contributed by atoms with Crippen LogP contribution in [0.4, 0.5) is 0 Å². The lowest BCUT2D eigenvalue weighted by atomic mass is 10.0. The smallest absolute Gasteiger partial charge is 0.251 e. The predicted octanol–water partition coefficient (Wildman–Crippen LogP) is -0.368. The van der Waals surface area contributed by atoms with Crippen LogP contribution in [0.1, 0.15) is 6.42 Å². The number of hydrogen-bond donors (Lipinski definition) is 1. The highest BCUT2D eigenvalue weighted by molar-refractivity contribution is 5.79. The molecule has 0 aromatic carbocycles. The molecule has 1 N–H and O–H groups in total. The van der Waals surface area contributed by atoms with E-state index < -0.39 is 0 Å². The quantitative estimate of drug-likeness (QED) is 0.472. The summed E-state index contributed by atoms with van der Waals surface area (Å²) in [5.74, 6) is 0.167. The number of nitrogens with one attached hydrogen (secondary N) is 1. The summed E-state index contributed by atoms with van der Waals surface area (Å²) >= 11 is 0. The summed E-state index contributed by atoms with van der Waals surface area (Å²) in [6.45, 7) is 2.78. The second-order valence-corrected chi connectivity index (χ2v) is 3.32. The Morgan fingerprint density at radius 2 is 2.21 bits per heavy atom. The van der Waals surface area contributed by atoms with Gasteiger partial charge in [0.05, 0.1) is 19.6 Å². The molecular weight excluding hydrogens is 184 g/mol. The molecule has 1 rings (SSSR count). The van der Waals surface area contributed by atoms with E-state index in [2.05, 4.69) is 5.32 Å². The van der Waals surface area contributed by atoms with Gasteiger partial charge in [0.2, 0.25) is 0 Å². The number of hydrogen-bond acceptors (Lipinski definition) is 4. The van der Waals surface area contributed by atoms with Gasteiger partial charge in [-0.25, -0.2) is 5.06 Å². The van der Waals surface area contributed by atoms with Crippen LogP contribution in [0.15, 0.2) is 0 Å². The summed E-state index contributed by atoms with van der Waals surface area (Å²) in [5, 5.41) is 4.48. The number of ether oxygens (including phenoxy) is 1. The van der Waals surface area contributed by atoms with Crippen molar-refractivity contribution in [2.24, 2.45) is 5.92 Å². The Hall–Kier alpha value is -0.650. The molecule has 0 saturated carbocycles. The van der Waals surface area contributed by atoms with Crippen LogP contribution in [0.3, 0.4) is 0 Å². The number of amides is 1. The topological polar surface area (TPSA) is 50.8 Å². The lowest BCUT2D eigenvalue weighted by Crippen LogP contribution is -2.52. The Morgan fingerprint density at radius 3 is 2.64 bits per heavy atom. The van der Waals surface area contributed by atoms with Gasteiger partial charge in [-0.05, 0) is 6.42 Å². The number of methoxy groups -OCH3 is 1. The SMILES string of the molecule is COCCCN(OC)C(=O)C1CNC1. The van der Waals surface area contributed by atoms with Gasteiger partial charge in [0.15, 0.2) is 0 Å². The van der Waals surface area contributed by atoms with Crippen LogP contribution >= 0.6 is 0 Å². The molecule has 82 valence electrons. The van der Waals surface area contributed by atoms with E-state index in [1.807, 2.05) is 0 Å². The molecule has 0 spiro atoms. The second kappa shape index (κ2) is 5.95. The van der Waals surface area contributed by atoms with Crippen LogP contribution in [-0.2, 0) is 14.4 Å². The first-order valence-electron chi connectivity index (χ1n) is 4.84. The third-order valence-corrected chi connectivity index (χ3v) is 2.31. The van der Waals surface area contributed by atoms with Crippen molar-refractivity contribution in [1.29, 1.82) is 0 Å².